The molecule has 294 valence electrons. The summed E-state index contributed by atoms with van der Waals surface area (Å²) >= 11 is 0. The molecule has 1 N–H and O–H groups in total. The number of nitrogens with zero attached hydrogens (tertiary/aromatic N) is 3. The van der Waals surface area contributed by atoms with Crippen LogP contribution in [-0.2, 0) is 16.1 Å². The Labute approximate surface area is 314 Å². The second kappa shape index (κ2) is 31.6. The van der Waals surface area contributed by atoms with Crippen molar-refractivity contribution in [3.05, 3.63) is 30.6 Å². The lowest BCUT2D eigenvalue weighted by atomic mass is 9.94. The molecule has 1 aromatic heterocycles. The van der Waals surface area contributed by atoms with Gasteiger partial charge in [0.2, 0.25) is 0 Å². The number of unbranched alkanes of at least 4 members (excludes halogenated alkanes) is 20. The van der Waals surface area contributed by atoms with E-state index in [9.17, 15) is 9.90 Å². The van der Waals surface area contributed by atoms with Crippen molar-refractivity contribution in [2.24, 2.45) is 5.92 Å². The standard InChI is InChI=1S/C45H81N3O3/c1-4-7-10-13-15-16-17-18-20-25-32-42(49)39-47(36-37-48-40-46-43-33-26-27-34-44(43)48)35-28-21-22-29-38-51-45(50)41(30-23-12-9-6-3)31-24-19-14-11-8-5-2/h26-27,33-34,40-42,49H,4-25,28-32,35-39H2,1-3H3. The Morgan fingerprint density at radius 1 is 0.667 bits per heavy atom. The Hall–Kier alpha value is -1.92. The zero-order valence-corrected chi connectivity index (χ0v) is 33.8. The highest BCUT2D eigenvalue weighted by Gasteiger charge is 2.19. The fourth-order valence-corrected chi connectivity index (χ4v) is 7.44. The number of aliphatic hydroxyl groups is 1. The largest absolute Gasteiger partial charge is 0.465 e. The van der Waals surface area contributed by atoms with Crippen LogP contribution in [0, 0.1) is 5.92 Å². The van der Waals surface area contributed by atoms with Crippen molar-refractivity contribution in [1.29, 1.82) is 0 Å². The summed E-state index contributed by atoms with van der Waals surface area (Å²) in [7, 11) is 0. The van der Waals surface area contributed by atoms with Crippen molar-refractivity contribution in [1.82, 2.24) is 14.5 Å². The number of carbonyl (C=O) groups is 1. The smallest absolute Gasteiger partial charge is 0.308 e. The summed E-state index contributed by atoms with van der Waals surface area (Å²) in [6.07, 6.45) is 34.5. The molecule has 0 fully saturated rings. The number of rotatable bonds is 36. The van der Waals surface area contributed by atoms with Crippen LogP contribution in [0.4, 0.5) is 0 Å². The van der Waals surface area contributed by atoms with E-state index in [-0.39, 0.29) is 18.0 Å². The molecule has 0 saturated carbocycles. The van der Waals surface area contributed by atoms with Gasteiger partial charge in [-0.15, -0.1) is 0 Å². The summed E-state index contributed by atoms with van der Waals surface area (Å²) in [4.78, 5) is 20.1. The van der Waals surface area contributed by atoms with Gasteiger partial charge in [-0.1, -0.05) is 174 Å². The number of hydrogen-bond acceptors (Lipinski definition) is 5. The van der Waals surface area contributed by atoms with Crippen LogP contribution < -0.4 is 0 Å². The van der Waals surface area contributed by atoms with E-state index in [0.29, 0.717) is 6.61 Å². The number of esters is 1. The number of ether oxygens (including phenoxy) is 1. The number of aromatic nitrogens is 2. The van der Waals surface area contributed by atoms with Gasteiger partial charge in [-0.3, -0.25) is 9.69 Å². The molecule has 0 aliphatic carbocycles. The molecule has 2 rings (SSSR count). The van der Waals surface area contributed by atoms with Crippen molar-refractivity contribution in [2.75, 3.05) is 26.2 Å². The Kier molecular flexibility index (Phi) is 28.0. The molecule has 0 amide bonds. The summed E-state index contributed by atoms with van der Waals surface area (Å²) in [5.41, 5.74) is 2.21. The Morgan fingerprint density at radius 3 is 1.80 bits per heavy atom. The molecule has 0 aliphatic heterocycles. The molecule has 0 aliphatic rings. The van der Waals surface area contributed by atoms with Gasteiger partial charge in [-0.25, -0.2) is 4.98 Å². The van der Waals surface area contributed by atoms with Gasteiger partial charge in [-0.2, -0.15) is 0 Å². The quantitative estimate of drug-likeness (QED) is 0.0563. The van der Waals surface area contributed by atoms with Gasteiger partial charge < -0.3 is 14.4 Å². The Bertz CT molecular complexity index is 1070. The van der Waals surface area contributed by atoms with Crippen molar-refractivity contribution >= 4 is 17.0 Å². The number of fused-ring (bicyclic) bond motifs is 1. The summed E-state index contributed by atoms with van der Waals surface area (Å²) in [6.45, 7) is 10.8. The lowest BCUT2D eigenvalue weighted by Gasteiger charge is -2.25. The van der Waals surface area contributed by atoms with Crippen molar-refractivity contribution < 1.29 is 14.6 Å². The van der Waals surface area contributed by atoms with E-state index in [1.807, 2.05) is 12.4 Å². The second-order valence-electron chi connectivity index (χ2n) is 15.5. The van der Waals surface area contributed by atoms with E-state index in [1.165, 1.54) is 115 Å². The zero-order chi connectivity index (χ0) is 36.6. The first-order valence-electron chi connectivity index (χ1n) is 22.1. The van der Waals surface area contributed by atoms with Gasteiger partial charge in [0, 0.05) is 19.6 Å². The highest BCUT2D eigenvalue weighted by molar-refractivity contribution is 5.74. The van der Waals surface area contributed by atoms with Gasteiger partial charge in [0.1, 0.15) is 0 Å². The Balaban J connectivity index is 1.71. The van der Waals surface area contributed by atoms with Crippen LogP contribution in [0.3, 0.4) is 0 Å². The third kappa shape index (κ3) is 22.7. The van der Waals surface area contributed by atoms with Crippen molar-refractivity contribution in [3.8, 4) is 0 Å². The normalized spacial score (nSPS) is 13.0. The lowest BCUT2D eigenvalue weighted by molar-refractivity contribution is -0.149. The van der Waals surface area contributed by atoms with E-state index >= 15 is 0 Å². The first-order chi connectivity index (χ1) is 25.1. The van der Waals surface area contributed by atoms with Crippen molar-refractivity contribution in [2.45, 2.75) is 207 Å². The molecule has 1 aromatic carbocycles. The van der Waals surface area contributed by atoms with Crippen LogP contribution in [-0.4, -0.2) is 57.9 Å². The number of imidazole rings is 1. The molecule has 0 spiro atoms. The van der Waals surface area contributed by atoms with Gasteiger partial charge in [0.15, 0.2) is 0 Å². The molecular weight excluding hydrogens is 631 g/mol. The van der Waals surface area contributed by atoms with E-state index < -0.39 is 0 Å². The minimum Gasteiger partial charge on any atom is -0.465 e. The molecule has 2 unspecified atom stereocenters. The van der Waals surface area contributed by atoms with Gasteiger partial charge in [-0.05, 0) is 50.8 Å². The minimum absolute atomic E-state index is 0.0506. The van der Waals surface area contributed by atoms with E-state index in [4.69, 9.17) is 4.74 Å². The van der Waals surface area contributed by atoms with Crippen LogP contribution in [0.1, 0.15) is 194 Å². The predicted octanol–water partition coefficient (Wildman–Crippen LogP) is 12.5. The fourth-order valence-electron chi connectivity index (χ4n) is 7.44. The maximum atomic E-state index is 13.0. The maximum absolute atomic E-state index is 13.0. The third-order valence-electron chi connectivity index (χ3n) is 10.8. The molecule has 0 bridgehead atoms. The molecule has 0 radical (unpaired) electrons. The maximum Gasteiger partial charge on any atom is 0.308 e. The van der Waals surface area contributed by atoms with Crippen LogP contribution in [0.25, 0.3) is 11.0 Å². The van der Waals surface area contributed by atoms with Crippen LogP contribution in [0.5, 0.6) is 0 Å². The second-order valence-corrected chi connectivity index (χ2v) is 15.5. The molecule has 2 atom stereocenters. The first-order valence-corrected chi connectivity index (χ1v) is 22.1. The molecule has 51 heavy (non-hydrogen) atoms. The predicted molar refractivity (Wildman–Crippen MR) is 218 cm³/mol. The molecule has 0 saturated heterocycles. The minimum atomic E-state index is -0.274. The summed E-state index contributed by atoms with van der Waals surface area (Å²) in [5.74, 6) is 0.135. The van der Waals surface area contributed by atoms with Crippen LogP contribution >= 0.6 is 0 Å². The van der Waals surface area contributed by atoms with E-state index in [0.717, 1.165) is 95.9 Å². The average molecular weight is 712 g/mol. The molecular formula is C45H81N3O3. The van der Waals surface area contributed by atoms with Gasteiger partial charge >= 0.3 is 5.97 Å². The molecule has 6 nitrogen and oxygen atoms in total. The van der Waals surface area contributed by atoms with Crippen LogP contribution in [0.15, 0.2) is 30.6 Å². The molecule has 2 aromatic rings. The lowest BCUT2D eigenvalue weighted by Crippen LogP contribution is -2.35. The van der Waals surface area contributed by atoms with Gasteiger partial charge in [0.05, 0.1) is 36.0 Å². The first kappa shape index (κ1) is 45.2. The van der Waals surface area contributed by atoms with Crippen LogP contribution in [0.2, 0.25) is 0 Å². The monoisotopic (exact) mass is 712 g/mol. The van der Waals surface area contributed by atoms with E-state index in [1.54, 1.807) is 0 Å². The zero-order valence-electron chi connectivity index (χ0n) is 33.8. The third-order valence-corrected chi connectivity index (χ3v) is 10.8. The van der Waals surface area contributed by atoms with Crippen molar-refractivity contribution in [3.63, 3.8) is 0 Å². The topological polar surface area (TPSA) is 67.6 Å². The summed E-state index contributed by atoms with van der Waals surface area (Å²) in [6, 6.07) is 8.33. The molecule has 6 heteroatoms. The molecule has 1 heterocycles. The Morgan fingerprint density at radius 2 is 1.18 bits per heavy atom. The fraction of sp³-hybridized carbons (Fsp3) is 0.822. The number of para-hydroxylation sites is 2. The number of carbonyl (C=O) groups excluding carboxylic acids is 1. The number of benzene rings is 1. The highest BCUT2D eigenvalue weighted by atomic mass is 16.5. The SMILES string of the molecule is CCCCCCCCCCCCC(O)CN(CCCCCCOC(=O)C(CCCCCC)CCCCCCCC)CCn1cnc2ccccc21. The number of hydrogen-bond donors (Lipinski definition) is 1. The number of aliphatic hydroxyl groups excluding tert-OH is 1. The average Bonchev–Trinajstić information content (AvgIpc) is 3.56. The summed E-state index contributed by atoms with van der Waals surface area (Å²) in [5, 5.41) is 11.0. The summed E-state index contributed by atoms with van der Waals surface area (Å²) < 4.78 is 8.09. The highest BCUT2D eigenvalue weighted by Crippen LogP contribution is 2.21. The van der Waals surface area contributed by atoms with E-state index in [2.05, 4.69) is 53.4 Å². The van der Waals surface area contributed by atoms with Gasteiger partial charge in [0.25, 0.3) is 0 Å².